The number of benzene rings is 1. The predicted molar refractivity (Wildman–Crippen MR) is 78.3 cm³/mol. The van der Waals surface area contributed by atoms with Crippen LogP contribution in [-0.2, 0) is 11.3 Å². The van der Waals surface area contributed by atoms with Crippen molar-refractivity contribution in [3.05, 3.63) is 34.3 Å². The van der Waals surface area contributed by atoms with Gasteiger partial charge in [-0.1, -0.05) is 34.1 Å². The van der Waals surface area contributed by atoms with Crippen LogP contribution in [-0.4, -0.2) is 35.1 Å². The lowest BCUT2D eigenvalue weighted by atomic mass is 10.2. The lowest BCUT2D eigenvalue weighted by Crippen LogP contribution is -2.43. The van der Waals surface area contributed by atoms with E-state index in [4.69, 9.17) is 5.11 Å². The topological polar surface area (TPSA) is 69.6 Å². The molecule has 1 aromatic carbocycles. The van der Waals surface area contributed by atoms with Crippen LogP contribution in [0.25, 0.3) is 0 Å². The number of hydrogen-bond acceptors (Lipinski definition) is 2. The van der Waals surface area contributed by atoms with Gasteiger partial charge in [0.15, 0.2) is 0 Å². The van der Waals surface area contributed by atoms with Crippen molar-refractivity contribution in [3.63, 3.8) is 0 Å². The van der Waals surface area contributed by atoms with Crippen LogP contribution in [0.4, 0.5) is 4.79 Å². The zero-order chi connectivity index (χ0) is 14.5. The van der Waals surface area contributed by atoms with Crippen LogP contribution < -0.4 is 5.32 Å². The molecule has 2 amide bonds. The fraction of sp³-hybridized carbons (Fsp3) is 0.429. The van der Waals surface area contributed by atoms with E-state index in [1.807, 2.05) is 24.3 Å². The van der Waals surface area contributed by atoms with Gasteiger partial charge >= 0.3 is 12.0 Å². The highest BCUT2D eigenvalue weighted by molar-refractivity contribution is 9.10. The van der Waals surface area contributed by atoms with Gasteiger partial charge in [0.1, 0.15) is 6.54 Å². The first-order valence-corrected chi connectivity index (χ1v) is 7.33. The number of nitrogens with zero attached hydrogens (tertiary/aromatic N) is 1. The number of hydrogen-bond donors (Lipinski definition) is 2. The van der Waals surface area contributed by atoms with Gasteiger partial charge in [0.25, 0.3) is 0 Å². The molecular formula is C14H17BrN2O3. The molecule has 0 aromatic heterocycles. The van der Waals surface area contributed by atoms with Gasteiger partial charge in [0.2, 0.25) is 0 Å². The molecule has 6 heteroatoms. The molecule has 108 valence electrons. The number of aliphatic carboxylic acids is 1. The molecule has 0 radical (unpaired) electrons. The Morgan fingerprint density at radius 3 is 2.65 bits per heavy atom. The Morgan fingerprint density at radius 2 is 2.05 bits per heavy atom. The van der Waals surface area contributed by atoms with Gasteiger partial charge < -0.3 is 15.3 Å². The van der Waals surface area contributed by atoms with Crippen LogP contribution in [0.5, 0.6) is 0 Å². The normalized spacial score (nSPS) is 13.8. The van der Waals surface area contributed by atoms with Crippen LogP contribution in [0.2, 0.25) is 0 Å². The Balaban J connectivity index is 1.90. The summed E-state index contributed by atoms with van der Waals surface area (Å²) in [5, 5.41) is 11.6. The van der Waals surface area contributed by atoms with Gasteiger partial charge in [-0.2, -0.15) is 0 Å². The van der Waals surface area contributed by atoms with Crippen LogP contribution >= 0.6 is 15.9 Å². The molecule has 1 fully saturated rings. The summed E-state index contributed by atoms with van der Waals surface area (Å²) in [6.07, 6.45) is 2.15. The maximum atomic E-state index is 12.1. The summed E-state index contributed by atoms with van der Waals surface area (Å²) in [5.74, 6) is -0.523. The number of rotatable bonds is 6. The van der Waals surface area contributed by atoms with Gasteiger partial charge in [-0.25, -0.2) is 4.79 Å². The van der Waals surface area contributed by atoms with E-state index < -0.39 is 5.97 Å². The van der Waals surface area contributed by atoms with E-state index in [0.717, 1.165) is 22.9 Å². The van der Waals surface area contributed by atoms with Crippen molar-refractivity contribution in [2.75, 3.05) is 13.1 Å². The summed E-state index contributed by atoms with van der Waals surface area (Å²) < 4.78 is 0.923. The van der Waals surface area contributed by atoms with Crippen molar-refractivity contribution in [1.29, 1.82) is 0 Å². The van der Waals surface area contributed by atoms with Crippen LogP contribution in [0.3, 0.4) is 0 Å². The largest absolute Gasteiger partial charge is 0.480 e. The van der Waals surface area contributed by atoms with Crippen molar-refractivity contribution in [1.82, 2.24) is 10.2 Å². The molecule has 1 aromatic rings. The quantitative estimate of drug-likeness (QED) is 0.835. The SMILES string of the molecule is O=C(O)CN(CC1CC1)C(=O)NCc1ccccc1Br. The molecule has 5 nitrogen and oxygen atoms in total. The number of urea groups is 1. The molecule has 0 atom stereocenters. The van der Waals surface area contributed by atoms with Gasteiger partial charge in [-0.05, 0) is 30.4 Å². The van der Waals surface area contributed by atoms with E-state index in [2.05, 4.69) is 21.2 Å². The summed E-state index contributed by atoms with van der Waals surface area (Å²) in [4.78, 5) is 24.2. The number of carbonyl (C=O) groups excluding carboxylic acids is 1. The number of halogens is 1. The maximum Gasteiger partial charge on any atom is 0.323 e. The second-order valence-corrected chi connectivity index (χ2v) is 5.82. The second-order valence-electron chi connectivity index (χ2n) is 4.97. The van der Waals surface area contributed by atoms with Crippen molar-refractivity contribution < 1.29 is 14.7 Å². The minimum atomic E-state index is -0.985. The molecule has 1 saturated carbocycles. The minimum Gasteiger partial charge on any atom is -0.480 e. The van der Waals surface area contributed by atoms with Gasteiger partial charge in [0, 0.05) is 17.6 Å². The van der Waals surface area contributed by atoms with E-state index in [0.29, 0.717) is 19.0 Å². The van der Waals surface area contributed by atoms with Crippen molar-refractivity contribution in [3.8, 4) is 0 Å². The molecule has 20 heavy (non-hydrogen) atoms. The lowest BCUT2D eigenvalue weighted by Gasteiger charge is -2.21. The third-order valence-corrected chi connectivity index (χ3v) is 3.95. The standard InChI is InChI=1S/C14H17BrN2O3/c15-12-4-2-1-3-11(12)7-16-14(20)17(9-13(18)19)8-10-5-6-10/h1-4,10H,5-9H2,(H,16,20)(H,18,19). The van der Waals surface area contributed by atoms with Gasteiger partial charge in [-0.15, -0.1) is 0 Å². The van der Waals surface area contributed by atoms with E-state index in [1.165, 1.54) is 4.90 Å². The van der Waals surface area contributed by atoms with E-state index >= 15 is 0 Å². The van der Waals surface area contributed by atoms with Crippen molar-refractivity contribution in [2.45, 2.75) is 19.4 Å². The van der Waals surface area contributed by atoms with Crippen LogP contribution in [0.1, 0.15) is 18.4 Å². The number of nitrogens with one attached hydrogen (secondary N) is 1. The first-order chi connectivity index (χ1) is 9.56. The smallest absolute Gasteiger partial charge is 0.323 e. The molecule has 0 unspecified atom stereocenters. The third-order valence-electron chi connectivity index (χ3n) is 3.18. The van der Waals surface area contributed by atoms with Gasteiger partial charge in [0.05, 0.1) is 0 Å². The monoisotopic (exact) mass is 340 g/mol. The van der Waals surface area contributed by atoms with Crippen LogP contribution in [0, 0.1) is 5.92 Å². The van der Waals surface area contributed by atoms with Crippen LogP contribution in [0.15, 0.2) is 28.7 Å². The number of carbonyl (C=O) groups is 2. The number of carboxylic acid groups (broad SMARTS) is 1. The summed E-state index contributed by atoms with van der Waals surface area (Å²) in [6.45, 7) is 0.646. The highest BCUT2D eigenvalue weighted by atomic mass is 79.9. The average Bonchev–Trinajstić information content (AvgIpc) is 3.20. The highest BCUT2D eigenvalue weighted by Crippen LogP contribution is 2.29. The Kier molecular flexibility index (Phi) is 5.00. The first-order valence-electron chi connectivity index (χ1n) is 6.54. The van der Waals surface area contributed by atoms with E-state index in [9.17, 15) is 9.59 Å². The molecule has 1 aliphatic carbocycles. The highest BCUT2D eigenvalue weighted by Gasteiger charge is 2.27. The molecule has 0 saturated heterocycles. The summed E-state index contributed by atoms with van der Waals surface area (Å²) in [7, 11) is 0. The third kappa shape index (κ3) is 4.52. The lowest BCUT2D eigenvalue weighted by molar-refractivity contribution is -0.137. The summed E-state index contributed by atoms with van der Waals surface area (Å²) in [5.41, 5.74) is 0.961. The number of carboxylic acids is 1. The maximum absolute atomic E-state index is 12.1. The van der Waals surface area contributed by atoms with Crippen molar-refractivity contribution >= 4 is 27.9 Å². The Bertz CT molecular complexity index is 503. The minimum absolute atomic E-state index is 0.252. The summed E-state index contributed by atoms with van der Waals surface area (Å²) >= 11 is 3.42. The molecule has 0 spiro atoms. The zero-order valence-electron chi connectivity index (χ0n) is 11.0. The Labute approximate surface area is 126 Å². The molecule has 1 aliphatic rings. The molecule has 2 rings (SSSR count). The molecule has 0 bridgehead atoms. The Morgan fingerprint density at radius 1 is 1.35 bits per heavy atom. The number of amides is 2. The fourth-order valence-electron chi connectivity index (χ4n) is 1.92. The van der Waals surface area contributed by atoms with E-state index in [1.54, 1.807) is 0 Å². The molecular weight excluding hydrogens is 324 g/mol. The molecule has 2 N–H and O–H groups in total. The Hall–Kier alpha value is -1.56. The van der Waals surface area contributed by atoms with Gasteiger partial charge in [-0.3, -0.25) is 4.79 Å². The predicted octanol–water partition coefficient (Wildman–Crippen LogP) is 2.46. The first kappa shape index (κ1) is 14.8. The fourth-order valence-corrected chi connectivity index (χ4v) is 2.34. The summed E-state index contributed by atoms with van der Waals surface area (Å²) in [6, 6.07) is 7.29. The van der Waals surface area contributed by atoms with Crippen molar-refractivity contribution in [2.24, 2.45) is 5.92 Å². The average molecular weight is 341 g/mol. The zero-order valence-corrected chi connectivity index (χ0v) is 12.6. The molecule has 0 aliphatic heterocycles. The molecule has 0 heterocycles. The second kappa shape index (κ2) is 6.74. The van der Waals surface area contributed by atoms with E-state index in [-0.39, 0.29) is 12.6 Å².